The van der Waals surface area contributed by atoms with E-state index >= 15 is 0 Å². The van der Waals surface area contributed by atoms with Gasteiger partial charge >= 0.3 is 0 Å². The Morgan fingerprint density at radius 3 is 2.63 bits per heavy atom. The third-order valence-corrected chi connectivity index (χ3v) is 4.80. The van der Waals surface area contributed by atoms with Crippen molar-refractivity contribution >= 4 is 17.0 Å². The van der Waals surface area contributed by atoms with E-state index in [1.165, 1.54) is 12.7 Å². The first-order valence-corrected chi connectivity index (χ1v) is 8.71. The lowest BCUT2D eigenvalue weighted by atomic mass is 10.1. The standard InChI is InChI=1S/C18H21N5O4/c1-10(11-5-3-2-4-6-11)22-16-13-17(20-8-19-16)23(9-21-13)18-15(26)14(25)12(7-24)27-18/h2-6,8-10,12,14-15,18,24-26H,7H2,1H3,(H,19,20,22)/t10-,12-,14+,15?,18-/m1/s1. The minimum Gasteiger partial charge on any atom is -0.394 e. The van der Waals surface area contributed by atoms with Crippen molar-refractivity contribution in [1.29, 1.82) is 0 Å². The number of fused-ring (bicyclic) bond motifs is 1. The third kappa shape index (κ3) is 3.15. The Kier molecular flexibility index (Phi) is 4.75. The van der Waals surface area contributed by atoms with E-state index in [0.717, 1.165) is 5.56 Å². The number of aliphatic hydroxyl groups is 3. The molecule has 9 nitrogen and oxygen atoms in total. The van der Waals surface area contributed by atoms with Gasteiger partial charge in [0.05, 0.1) is 19.0 Å². The maximum Gasteiger partial charge on any atom is 0.167 e. The van der Waals surface area contributed by atoms with Gasteiger partial charge in [0.15, 0.2) is 23.2 Å². The van der Waals surface area contributed by atoms with Crippen molar-refractivity contribution in [2.45, 2.75) is 37.5 Å². The zero-order chi connectivity index (χ0) is 19.0. The van der Waals surface area contributed by atoms with Gasteiger partial charge in [0, 0.05) is 0 Å². The highest BCUT2D eigenvalue weighted by Gasteiger charge is 2.44. The SMILES string of the molecule is C[C@@H](Nc1ncnc2c1ncn2[C@@H]1O[C@H](CO)[C@H](O)C1O)c1ccccc1. The van der Waals surface area contributed by atoms with Crippen LogP contribution in [-0.2, 0) is 4.74 Å². The number of hydrogen-bond donors (Lipinski definition) is 4. The largest absolute Gasteiger partial charge is 0.394 e. The number of hydrogen-bond acceptors (Lipinski definition) is 8. The van der Waals surface area contributed by atoms with Crippen LogP contribution in [0.15, 0.2) is 43.0 Å². The summed E-state index contributed by atoms with van der Waals surface area (Å²) in [6.07, 6.45) is -1.25. The van der Waals surface area contributed by atoms with Gasteiger partial charge in [-0.05, 0) is 12.5 Å². The zero-order valence-corrected chi connectivity index (χ0v) is 14.7. The lowest BCUT2D eigenvalue weighted by molar-refractivity contribution is -0.0511. The van der Waals surface area contributed by atoms with E-state index in [0.29, 0.717) is 17.0 Å². The fourth-order valence-corrected chi connectivity index (χ4v) is 3.28. The molecular weight excluding hydrogens is 350 g/mol. The predicted octanol–water partition coefficient (Wildman–Crippen LogP) is 0.611. The molecule has 4 rings (SSSR count). The zero-order valence-electron chi connectivity index (χ0n) is 14.7. The number of benzene rings is 1. The molecule has 142 valence electrons. The molecule has 4 N–H and O–H groups in total. The Bertz CT molecular complexity index is 919. The second kappa shape index (κ2) is 7.20. The number of nitrogens with zero attached hydrogens (tertiary/aromatic N) is 4. The number of ether oxygens (including phenoxy) is 1. The molecule has 1 aliphatic heterocycles. The van der Waals surface area contributed by atoms with Crippen LogP contribution in [0, 0.1) is 0 Å². The number of imidazole rings is 1. The Hall–Kier alpha value is -2.59. The molecule has 0 spiro atoms. The van der Waals surface area contributed by atoms with Crippen LogP contribution in [0.2, 0.25) is 0 Å². The molecule has 27 heavy (non-hydrogen) atoms. The topological polar surface area (TPSA) is 126 Å². The van der Waals surface area contributed by atoms with Crippen molar-refractivity contribution in [2.75, 3.05) is 11.9 Å². The molecule has 0 saturated carbocycles. The van der Waals surface area contributed by atoms with Crippen molar-refractivity contribution in [3.63, 3.8) is 0 Å². The number of rotatable bonds is 5. The molecule has 2 aromatic heterocycles. The van der Waals surface area contributed by atoms with Crippen LogP contribution >= 0.6 is 0 Å². The first kappa shape index (κ1) is 17.8. The minimum absolute atomic E-state index is 0.00311. The van der Waals surface area contributed by atoms with Gasteiger partial charge < -0.3 is 25.4 Å². The van der Waals surface area contributed by atoms with E-state index < -0.39 is 31.1 Å². The summed E-state index contributed by atoms with van der Waals surface area (Å²) >= 11 is 0. The van der Waals surface area contributed by atoms with E-state index in [4.69, 9.17) is 4.74 Å². The second-order valence-electron chi connectivity index (χ2n) is 6.55. The normalized spacial score (nSPS) is 26.4. The molecule has 0 radical (unpaired) electrons. The maximum atomic E-state index is 10.3. The predicted molar refractivity (Wildman–Crippen MR) is 96.8 cm³/mol. The van der Waals surface area contributed by atoms with Gasteiger partial charge in [-0.3, -0.25) is 4.57 Å². The molecule has 0 bridgehead atoms. The third-order valence-electron chi connectivity index (χ3n) is 4.80. The number of aliphatic hydroxyl groups excluding tert-OH is 3. The quantitative estimate of drug-likeness (QED) is 0.514. The molecule has 1 unspecified atom stereocenters. The Labute approximate surface area is 155 Å². The molecule has 1 saturated heterocycles. The fourth-order valence-electron chi connectivity index (χ4n) is 3.28. The molecule has 1 aliphatic rings. The maximum absolute atomic E-state index is 10.3. The lowest BCUT2D eigenvalue weighted by Crippen LogP contribution is -2.33. The molecule has 9 heteroatoms. The van der Waals surface area contributed by atoms with Crippen LogP contribution in [0.25, 0.3) is 11.2 Å². The monoisotopic (exact) mass is 371 g/mol. The highest BCUT2D eigenvalue weighted by molar-refractivity contribution is 5.82. The number of anilines is 1. The van der Waals surface area contributed by atoms with E-state index in [1.54, 1.807) is 4.57 Å². The van der Waals surface area contributed by atoms with Crippen LogP contribution in [0.5, 0.6) is 0 Å². The first-order valence-electron chi connectivity index (χ1n) is 8.71. The van der Waals surface area contributed by atoms with E-state index in [2.05, 4.69) is 20.3 Å². The van der Waals surface area contributed by atoms with Gasteiger partial charge in [-0.1, -0.05) is 30.3 Å². The Morgan fingerprint density at radius 2 is 1.93 bits per heavy atom. The van der Waals surface area contributed by atoms with Crippen LogP contribution < -0.4 is 5.32 Å². The van der Waals surface area contributed by atoms with E-state index in [9.17, 15) is 15.3 Å². The van der Waals surface area contributed by atoms with Crippen LogP contribution in [-0.4, -0.2) is 59.8 Å². The van der Waals surface area contributed by atoms with E-state index in [-0.39, 0.29) is 6.04 Å². The smallest absolute Gasteiger partial charge is 0.167 e. The average Bonchev–Trinajstić information content (AvgIpc) is 3.25. The summed E-state index contributed by atoms with van der Waals surface area (Å²) in [5.74, 6) is 0.557. The van der Waals surface area contributed by atoms with Gasteiger partial charge in [-0.2, -0.15) is 0 Å². The van der Waals surface area contributed by atoms with Crippen LogP contribution in [0.4, 0.5) is 5.82 Å². The molecule has 3 aromatic rings. The van der Waals surface area contributed by atoms with Gasteiger partial charge in [0.1, 0.15) is 24.6 Å². The first-order chi connectivity index (χ1) is 13.1. The van der Waals surface area contributed by atoms with E-state index in [1.807, 2.05) is 37.3 Å². The molecule has 0 amide bonds. The number of aromatic nitrogens is 4. The fraction of sp³-hybridized carbons (Fsp3) is 0.389. The summed E-state index contributed by atoms with van der Waals surface area (Å²) < 4.78 is 7.11. The minimum atomic E-state index is -1.20. The Morgan fingerprint density at radius 1 is 1.15 bits per heavy atom. The van der Waals surface area contributed by atoms with Gasteiger partial charge in [0.2, 0.25) is 0 Å². The van der Waals surface area contributed by atoms with Crippen LogP contribution in [0.3, 0.4) is 0 Å². The highest BCUT2D eigenvalue weighted by atomic mass is 16.6. The lowest BCUT2D eigenvalue weighted by Gasteiger charge is -2.17. The van der Waals surface area contributed by atoms with Crippen molar-refractivity contribution in [3.05, 3.63) is 48.5 Å². The molecule has 0 aliphatic carbocycles. The molecule has 3 heterocycles. The van der Waals surface area contributed by atoms with Crippen molar-refractivity contribution in [1.82, 2.24) is 19.5 Å². The van der Waals surface area contributed by atoms with Gasteiger partial charge in [-0.25, -0.2) is 15.0 Å². The Balaban J connectivity index is 1.64. The average molecular weight is 371 g/mol. The summed E-state index contributed by atoms with van der Waals surface area (Å²) in [4.78, 5) is 12.9. The molecule has 5 atom stereocenters. The molecule has 1 fully saturated rings. The highest BCUT2D eigenvalue weighted by Crippen LogP contribution is 2.32. The van der Waals surface area contributed by atoms with Crippen molar-refractivity contribution < 1.29 is 20.1 Å². The van der Waals surface area contributed by atoms with Crippen molar-refractivity contribution in [3.8, 4) is 0 Å². The summed E-state index contributed by atoms with van der Waals surface area (Å²) in [5, 5.41) is 32.8. The van der Waals surface area contributed by atoms with Crippen molar-refractivity contribution in [2.24, 2.45) is 0 Å². The summed E-state index contributed by atoms with van der Waals surface area (Å²) in [6.45, 7) is 1.63. The second-order valence-corrected chi connectivity index (χ2v) is 6.55. The summed E-state index contributed by atoms with van der Waals surface area (Å²) in [5.41, 5.74) is 2.09. The van der Waals surface area contributed by atoms with Crippen LogP contribution in [0.1, 0.15) is 24.8 Å². The van der Waals surface area contributed by atoms with Gasteiger partial charge in [0.25, 0.3) is 0 Å². The summed E-state index contributed by atoms with van der Waals surface area (Å²) in [6, 6.07) is 9.95. The summed E-state index contributed by atoms with van der Waals surface area (Å²) in [7, 11) is 0. The van der Waals surface area contributed by atoms with Gasteiger partial charge in [-0.15, -0.1) is 0 Å². The molecular formula is C18H21N5O4. The number of nitrogens with one attached hydrogen (secondary N) is 1. The molecule has 1 aromatic carbocycles.